The first-order chi connectivity index (χ1) is 5.74. The van der Waals surface area contributed by atoms with E-state index in [1.165, 1.54) is 0 Å². The molecule has 0 aromatic carbocycles. The van der Waals surface area contributed by atoms with E-state index in [0.717, 1.165) is 5.13 Å². The van der Waals surface area contributed by atoms with Crippen molar-refractivity contribution < 1.29 is 5.11 Å². The van der Waals surface area contributed by atoms with Crippen molar-refractivity contribution in [2.24, 2.45) is 5.92 Å². The molecule has 4 heteroatoms. The second-order valence-electron chi connectivity index (χ2n) is 2.93. The molecule has 1 rings (SSSR count). The van der Waals surface area contributed by atoms with Crippen LogP contribution in [0.4, 0.5) is 5.13 Å². The molecule has 12 heavy (non-hydrogen) atoms. The number of hydrogen-bond donors (Lipinski definition) is 2. The van der Waals surface area contributed by atoms with E-state index in [9.17, 15) is 0 Å². The van der Waals surface area contributed by atoms with Crippen molar-refractivity contribution in [3.63, 3.8) is 0 Å². The summed E-state index contributed by atoms with van der Waals surface area (Å²) < 4.78 is 0. The zero-order chi connectivity index (χ0) is 8.97. The number of thiazole rings is 1. The third-order valence-electron chi connectivity index (χ3n) is 1.93. The summed E-state index contributed by atoms with van der Waals surface area (Å²) in [7, 11) is 0. The van der Waals surface area contributed by atoms with Gasteiger partial charge in [-0.25, -0.2) is 4.98 Å². The number of aliphatic hydroxyl groups excluding tert-OH is 1. The van der Waals surface area contributed by atoms with Gasteiger partial charge in [0, 0.05) is 24.2 Å². The molecular weight excluding hydrogens is 172 g/mol. The maximum absolute atomic E-state index is 8.88. The molecule has 2 N–H and O–H groups in total. The molecular formula is C8H14N2OS. The minimum atomic E-state index is 0.208. The maximum Gasteiger partial charge on any atom is 0.182 e. The van der Waals surface area contributed by atoms with Gasteiger partial charge in [-0.3, -0.25) is 0 Å². The number of anilines is 1. The number of hydrogen-bond acceptors (Lipinski definition) is 4. The molecule has 0 bridgehead atoms. The van der Waals surface area contributed by atoms with Crippen LogP contribution in [0.15, 0.2) is 11.6 Å². The summed E-state index contributed by atoms with van der Waals surface area (Å²) in [5, 5.41) is 14.9. The Labute approximate surface area is 76.5 Å². The molecule has 0 spiro atoms. The summed E-state index contributed by atoms with van der Waals surface area (Å²) in [6.45, 7) is 4.26. The number of nitrogens with one attached hydrogen (secondary N) is 1. The number of rotatable bonds is 4. The highest BCUT2D eigenvalue weighted by Gasteiger charge is 2.10. The smallest absolute Gasteiger partial charge is 0.182 e. The monoisotopic (exact) mass is 186 g/mol. The van der Waals surface area contributed by atoms with Crippen LogP contribution in [0.2, 0.25) is 0 Å². The van der Waals surface area contributed by atoms with Crippen molar-refractivity contribution in [3.8, 4) is 0 Å². The molecule has 68 valence electrons. The summed E-state index contributed by atoms with van der Waals surface area (Å²) in [6, 6.07) is 0.265. The third-order valence-corrected chi connectivity index (χ3v) is 2.63. The van der Waals surface area contributed by atoms with Gasteiger partial charge in [-0.2, -0.15) is 0 Å². The minimum absolute atomic E-state index is 0.208. The Morgan fingerprint density at radius 1 is 1.67 bits per heavy atom. The fraction of sp³-hybridized carbons (Fsp3) is 0.625. The lowest BCUT2D eigenvalue weighted by Crippen LogP contribution is -2.26. The Hall–Kier alpha value is -0.610. The van der Waals surface area contributed by atoms with Crippen LogP contribution in [0.3, 0.4) is 0 Å². The van der Waals surface area contributed by atoms with Crippen molar-refractivity contribution in [2.75, 3.05) is 11.9 Å². The van der Waals surface area contributed by atoms with Gasteiger partial charge in [-0.15, -0.1) is 11.3 Å². The van der Waals surface area contributed by atoms with E-state index in [-0.39, 0.29) is 18.6 Å². The number of nitrogens with zero attached hydrogens (tertiary/aromatic N) is 1. The predicted octanol–water partition coefficient (Wildman–Crippen LogP) is 1.57. The van der Waals surface area contributed by atoms with Gasteiger partial charge in [0.15, 0.2) is 5.13 Å². The Bertz CT molecular complexity index is 213. The predicted molar refractivity (Wildman–Crippen MR) is 51.4 cm³/mol. The second-order valence-corrected chi connectivity index (χ2v) is 3.82. The second kappa shape index (κ2) is 4.42. The number of aliphatic hydroxyl groups is 1. The summed E-state index contributed by atoms with van der Waals surface area (Å²) in [4.78, 5) is 4.10. The van der Waals surface area contributed by atoms with Crippen molar-refractivity contribution in [3.05, 3.63) is 11.6 Å². The van der Waals surface area contributed by atoms with Gasteiger partial charge in [0.1, 0.15) is 0 Å². The molecule has 1 heterocycles. The molecule has 0 aliphatic rings. The van der Waals surface area contributed by atoms with E-state index in [4.69, 9.17) is 5.11 Å². The highest BCUT2D eigenvalue weighted by Crippen LogP contribution is 2.14. The molecule has 3 nitrogen and oxygen atoms in total. The van der Waals surface area contributed by atoms with Crippen molar-refractivity contribution in [1.82, 2.24) is 4.98 Å². The quantitative estimate of drug-likeness (QED) is 0.750. The molecule has 1 aromatic heterocycles. The highest BCUT2D eigenvalue weighted by molar-refractivity contribution is 7.13. The Morgan fingerprint density at radius 3 is 2.92 bits per heavy atom. The molecule has 0 saturated heterocycles. The van der Waals surface area contributed by atoms with Gasteiger partial charge in [0.25, 0.3) is 0 Å². The largest absolute Gasteiger partial charge is 0.396 e. The van der Waals surface area contributed by atoms with Crippen molar-refractivity contribution in [2.45, 2.75) is 19.9 Å². The zero-order valence-electron chi connectivity index (χ0n) is 7.32. The molecule has 2 atom stereocenters. The van der Waals surface area contributed by atoms with Gasteiger partial charge >= 0.3 is 0 Å². The maximum atomic E-state index is 8.88. The molecule has 2 unspecified atom stereocenters. The van der Waals surface area contributed by atoms with Crippen LogP contribution in [-0.4, -0.2) is 22.7 Å². The van der Waals surface area contributed by atoms with E-state index in [1.54, 1.807) is 17.5 Å². The highest BCUT2D eigenvalue weighted by atomic mass is 32.1. The van der Waals surface area contributed by atoms with Crippen LogP contribution >= 0.6 is 11.3 Å². The zero-order valence-corrected chi connectivity index (χ0v) is 8.14. The van der Waals surface area contributed by atoms with Crippen LogP contribution < -0.4 is 5.32 Å². The molecule has 0 radical (unpaired) electrons. The first kappa shape index (κ1) is 9.48. The van der Waals surface area contributed by atoms with E-state index < -0.39 is 0 Å². The molecule has 0 fully saturated rings. The Balaban J connectivity index is 2.41. The van der Waals surface area contributed by atoms with Crippen LogP contribution in [0.1, 0.15) is 13.8 Å². The summed E-state index contributed by atoms with van der Waals surface area (Å²) in [5.41, 5.74) is 0. The lowest BCUT2D eigenvalue weighted by molar-refractivity contribution is 0.226. The molecule has 0 aliphatic heterocycles. The fourth-order valence-corrected chi connectivity index (χ4v) is 1.42. The normalized spacial score (nSPS) is 15.6. The van der Waals surface area contributed by atoms with Gasteiger partial charge in [-0.05, 0) is 12.8 Å². The third kappa shape index (κ3) is 2.46. The Kier molecular flexibility index (Phi) is 3.49. The van der Waals surface area contributed by atoms with E-state index in [1.807, 2.05) is 19.2 Å². The number of aromatic nitrogens is 1. The van der Waals surface area contributed by atoms with Gasteiger partial charge in [-0.1, -0.05) is 6.92 Å². The van der Waals surface area contributed by atoms with Gasteiger partial charge < -0.3 is 10.4 Å². The van der Waals surface area contributed by atoms with Crippen LogP contribution in [0.25, 0.3) is 0 Å². The van der Waals surface area contributed by atoms with Crippen molar-refractivity contribution >= 4 is 16.5 Å². The lowest BCUT2D eigenvalue weighted by atomic mass is 10.1. The SMILES string of the molecule is CC(CO)C(C)Nc1nccs1. The average Bonchev–Trinajstić information content (AvgIpc) is 2.55. The van der Waals surface area contributed by atoms with Crippen LogP contribution in [-0.2, 0) is 0 Å². The molecule has 0 amide bonds. The Morgan fingerprint density at radius 2 is 2.42 bits per heavy atom. The minimum Gasteiger partial charge on any atom is -0.396 e. The lowest BCUT2D eigenvalue weighted by Gasteiger charge is -2.18. The first-order valence-corrected chi connectivity index (χ1v) is 4.89. The van der Waals surface area contributed by atoms with Gasteiger partial charge in [0.2, 0.25) is 0 Å². The van der Waals surface area contributed by atoms with Crippen LogP contribution in [0.5, 0.6) is 0 Å². The standard InChI is InChI=1S/C8H14N2OS/c1-6(5-11)7(2)10-8-9-3-4-12-8/h3-4,6-7,11H,5H2,1-2H3,(H,9,10). The molecule has 0 aliphatic carbocycles. The van der Waals surface area contributed by atoms with Crippen LogP contribution in [0, 0.1) is 5.92 Å². The summed E-state index contributed by atoms with van der Waals surface area (Å²) in [6.07, 6.45) is 1.77. The van der Waals surface area contributed by atoms with Crippen molar-refractivity contribution in [1.29, 1.82) is 0 Å². The van der Waals surface area contributed by atoms with E-state index >= 15 is 0 Å². The van der Waals surface area contributed by atoms with Gasteiger partial charge in [0.05, 0.1) is 0 Å². The fourth-order valence-electron chi connectivity index (χ4n) is 0.790. The molecule has 0 saturated carbocycles. The van der Waals surface area contributed by atoms with E-state index in [2.05, 4.69) is 10.3 Å². The average molecular weight is 186 g/mol. The summed E-state index contributed by atoms with van der Waals surface area (Å²) >= 11 is 1.58. The molecule has 1 aromatic rings. The topological polar surface area (TPSA) is 45.1 Å². The van der Waals surface area contributed by atoms with E-state index in [0.29, 0.717) is 0 Å². The summed E-state index contributed by atoms with van der Waals surface area (Å²) in [5.74, 6) is 0.258. The first-order valence-electron chi connectivity index (χ1n) is 4.01.